The van der Waals surface area contributed by atoms with Gasteiger partial charge in [0, 0.05) is 75.6 Å². The number of hydrogen-bond acceptors (Lipinski definition) is 12. The maximum absolute atomic E-state index is 13.8. The number of unbranched alkanes of at least 4 members (excludes halogenated alkanes) is 2. The Balaban J connectivity index is 0.000000247. The van der Waals surface area contributed by atoms with Crippen LogP contribution in [0.5, 0.6) is 11.5 Å². The average Bonchev–Trinajstić information content (AvgIpc) is 3.45. The Hall–Kier alpha value is -5.48. The molecule has 0 bridgehead atoms. The Labute approximate surface area is 392 Å². The molecule has 0 spiro atoms. The van der Waals surface area contributed by atoms with Crippen LogP contribution >= 0.6 is 0 Å². The Kier molecular flexibility index (Phi) is 17.1. The number of hydrogen-bond donors (Lipinski definition) is 2. The molecule has 360 valence electrons. The lowest BCUT2D eigenvalue weighted by Crippen LogP contribution is -2.37. The molecule has 2 aliphatic rings. The summed E-state index contributed by atoms with van der Waals surface area (Å²) in [5, 5.41) is 18.2. The quantitative estimate of drug-likeness (QED) is 0.0965. The zero-order chi connectivity index (χ0) is 48.5. The van der Waals surface area contributed by atoms with Crippen molar-refractivity contribution >= 4 is 65.7 Å². The summed E-state index contributed by atoms with van der Waals surface area (Å²) in [5.74, 6) is -1.65. The molecule has 0 fully saturated rings. The van der Waals surface area contributed by atoms with Crippen molar-refractivity contribution in [3.8, 4) is 11.5 Å². The minimum Gasteiger partial charge on any atom is -0.480 e. The van der Waals surface area contributed by atoms with E-state index in [9.17, 15) is 26.4 Å². The number of carboxylic acids is 2. The molecular formula is C50H68N4O10S2. The number of sulfone groups is 2. The van der Waals surface area contributed by atoms with Crippen LogP contribution in [-0.2, 0) is 29.3 Å². The van der Waals surface area contributed by atoms with E-state index in [1.54, 1.807) is 0 Å². The second-order valence-electron chi connectivity index (χ2n) is 18.0. The van der Waals surface area contributed by atoms with E-state index in [1.165, 1.54) is 12.1 Å². The zero-order valence-corrected chi connectivity index (χ0v) is 41.4. The molecule has 16 heteroatoms. The van der Waals surface area contributed by atoms with Gasteiger partial charge < -0.3 is 39.3 Å². The molecule has 2 aliphatic heterocycles. The SMILES string of the molecule is CCCC[C@@]1(CC)CN(c2ccccc2)c2cc(N(C)C)c(OCC(=O)O)cc2S(=O)(=O)C1.CCCC[C@]1(CC)CN(c2ccccc2)c2cc(N(C)C)c(OCC(=O)O)cc2S(=O)(=O)C1. The number of carbonyl (C=O) groups is 2. The van der Waals surface area contributed by atoms with Crippen LogP contribution < -0.4 is 29.1 Å². The van der Waals surface area contributed by atoms with Gasteiger partial charge in [-0.05, 0) is 62.1 Å². The number of ether oxygens (including phenoxy) is 2. The summed E-state index contributed by atoms with van der Waals surface area (Å²) in [6, 6.07) is 26.3. The fourth-order valence-electron chi connectivity index (χ4n) is 8.96. The van der Waals surface area contributed by atoms with Crippen LogP contribution in [0.3, 0.4) is 0 Å². The number of nitrogens with zero attached hydrogens (tertiary/aromatic N) is 4. The highest BCUT2D eigenvalue weighted by molar-refractivity contribution is 7.92. The van der Waals surface area contributed by atoms with E-state index in [1.807, 2.05) is 111 Å². The first-order chi connectivity index (χ1) is 31.2. The van der Waals surface area contributed by atoms with Gasteiger partial charge in [0.05, 0.1) is 44.0 Å². The molecule has 0 amide bonds. The molecule has 0 saturated carbocycles. The molecule has 0 unspecified atom stereocenters. The first-order valence-electron chi connectivity index (χ1n) is 22.8. The summed E-state index contributed by atoms with van der Waals surface area (Å²) >= 11 is 0. The average molecular weight is 949 g/mol. The summed E-state index contributed by atoms with van der Waals surface area (Å²) < 4.78 is 66.1. The van der Waals surface area contributed by atoms with Crippen molar-refractivity contribution in [3.63, 3.8) is 0 Å². The van der Waals surface area contributed by atoms with Gasteiger partial charge in [0.25, 0.3) is 0 Å². The molecule has 0 aliphatic carbocycles. The maximum Gasteiger partial charge on any atom is 0.341 e. The maximum atomic E-state index is 13.8. The number of anilines is 6. The van der Waals surface area contributed by atoms with Crippen molar-refractivity contribution in [2.45, 2.75) is 88.9 Å². The van der Waals surface area contributed by atoms with Crippen LogP contribution in [0.25, 0.3) is 0 Å². The topological polar surface area (TPSA) is 174 Å². The van der Waals surface area contributed by atoms with Crippen molar-refractivity contribution in [3.05, 3.63) is 84.9 Å². The smallest absolute Gasteiger partial charge is 0.341 e. The summed E-state index contributed by atoms with van der Waals surface area (Å²) in [6.45, 7) is 8.45. The molecule has 4 aromatic carbocycles. The van der Waals surface area contributed by atoms with Gasteiger partial charge in [-0.2, -0.15) is 0 Å². The number of aliphatic carboxylic acids is 2. The first-order valence-corrected chi connectivity index (χ1v) is 26.1. The summed E-state index contributed by atoms with van der Waals surface area (Å²) in [5.41, 5.74) is 3.50. The highest BCUT2D eigenvalue weighted by Crippen LogP contribution is 2.49. The number of benzene rings is 4. The predicted octanol–water partition coefficient (Wildman–Crippen LogP) is 9.46. The first kappa shape index (κ1) is 51.5. The van der Waals surface area contributed by atoms with Crippen LogP contribution in [0, 0.1) is 10.8 Å². The second kappa shape index (κ2) is 21.9. The lowest BCUT2D eigenvalue weighted by Gasteiger charge is -2.36. The van der Waals surface area contributed by atoms with Gasteiger partial charge in [0.15, 0.2) is 32.9 Å². The third-order valence-corrected chi connectivity index (χ3v) is 16.7. The summed E-state index contributed by atoms with van der Waals surface area (Å²) in [7, 11) is -0.0237. The van der Waals surface area contributed by atoms with E-state index < -0.39 is 55.7 Å². The summed E-state index contributed by atoms with van der Waals surface area (Å²) in [4.78, 5) is 30.4. The van der Waals surface area contributed by atoms with E-state index in [0.29, 0.717) is 35.8 Å². The lowest BCUT2D eigenvalue weighted by atomic mass is 9.81. The third-order valence-electron chi connectivity index (χ3n) is 12.7. The van der Waals surface area contributed by atoms with E-state index in [4.69, 9.17) is 19.7 Å². The van der Waals surface area contributed by atoms with Gasteiger partial charge in [-0.25, -0.2) is 26.4 Å². The molecule has 0 radical (unpaired) electrons. The zero-order valence-electron chi connectivity index (χ0n) is 39.7. The van der Waals surface area contributed by atoms with Crippen LogP contribution in [0.4, 0.5) is 34.1 Å². The fraction of sp³-hybridized carbons (Fsp3) is 0.480. The van der Waals surface area contributed by atoms with Crippen LogP contribution in [0.15, 0.2) is 94.7 Å². The third kappa shape index (κ3) is 12.1. The van der Waals surface area contributed by atoms with Crippen molar-refractivity contribution in [2.24, 2.45) is 10.8 Å². The molecule has 4 aromatic rings. The lowest BCUT2D eigenvalue weighted by molar-refractivity contribution is -0.140. The van der Waals surface area contributed by atoms with Gasteiger partial charge in [-0.15, -0.1) is 0 Å². The Morgan fingerprint density at radius 1 is 0.591 bits per heavy atom. The van der Waals surface area contributed by atoms with Gasteiger partial charge in [-0.1, -0.05) is 89.8 Å². The number of rotatable bonds is 18. The number of para-hydroxylation sites is 2. The van der Waals surface area contributed by atoms with Gasteiger partial charge in [-0.3, -0.25) is 0 Å². The molecular weight excluding hydrogens is 881 g/mol. The monoisotopic (exact) mass is 948 g/mol. The molecule has 66 heavy (non-hydrogen) atoms. The highest BCUT2D eigenvalue weighted by Gasteiger charge is 2.44. The highest BCUT2D eigenvalue weighted by atomic mass is 32.2. The van der Waals surface area contributed by atoms with Crippen molar-refractivity contribution in [1.29, 1.82) is 0 Å². The molecule has 2 heterocycles. The molecule has 0 aromatic heterocycles. The molecule has 6 rings (SSSR count). The van der Waals surface area contributed by atoms with Crippen LogP contribution in [0.1, 0.15) is 79.1 Å². The Morgan fingerprint density at radius 3 is 1.23 bits per heavy atom. The fourth-order valence-corrected chi connectivity index (χ4v) is 13.3. The van der Waals surface area contributed by atoms with E-state index in [0.717, 1.165) is 62.7 Å². The molecule has 2 atom stereocenters. The van der Waals surface area contributed by atoms with Crippen LogP contribution in [0.2, 0.25) is 0 Å². The minimum atomic E-state index is -3.66. The number of fused-ring (bicyclic) bond motifs is 2. The molecule has 14 nitrogen and oxygen atoms in total. The predicted molar refractivity (Wildman–Crippen MR) is 263 cm³/mol. The van der Waals surface area contributed by atoms with Crippen molar-refractivity contribution < 1.29 is 46.1 Å². The van der Waals surface area contributed by atoms with E-state index in [2.05, 4.69) is 37.5 Å². The van der Waals surface area contributed by atoms with E-state index >= 15 is 0 Å². The normalized spacial score (nSPS) is 19.5. The molecule has 2 N–H and O–H groups in total. The van der Waals surface area contributed by atoms with E-state index in [-0.39, 0.29) is 32.8 Å². The van der Waals surface area contributed by atoms with Crippen molar-refractivity contribution in [1.82, 2.24) is 0 Å². The minimum absolute atomic E-state index is 0.0481. The Bertz CT molecular complexity index is 2350. The number of carboxylic acid groups (broad SMARTS) is 2. The largest absolute Gasteiger partial charge is 0.480 e. The summed E-state index contributed by atoms with van der Waals surface area (Å²) in [6.07, 6.45) is 7.03. The molecule has 0 saturated heterocycles. The standard InChI is InChI=1S/2C25H34N2O5S/c2*1-5-7-13-25(6-2)17-27(19-11-9-8-10-12-19)21-14-20(26(3)4)22(32-16-24(28)29)15-23(21)33(30,31)18-25/h2*8-12,14-15H,5-7,13,16-18H2,1-4H3,(H,28,29)/t2*25-/m10/s1. The van der Waals surface area contributed by atoms with Gasteiger partial charge in [0.2, 0.25) is 0 Å². The van der Waals surface area contributed by atoms with Crippen LogP contribution in [-0.4, -0.2) is 105 Å². The van der Waals surface area contributed by atoms with Gasteiger partial charge >= 0.3 is 11.9 Å². The Morgan fingerprint density at radius 2 is 0.939 bits per heavy atom. The second-order valence-corrected chi connectivity index (χ2v) is 21.9. The van der Waals surface area contributed by atoms with Crippen molar-refractivity contribution in [2.75, 3.05) is 85.6 Å². The van der Waals surface area contributed by atoms with Gasteiger partial charge in [0.1, 0.15) is 11.5 Å².